The first-order valence-electron chi connectivity index (χ1n) is 3.07. The first-order chi connectivity index (χ1) is 5.22. The van der Waals surface area contributed by atoms with E-state index in [0.29, 0.717) is 0 Å². The maximum absolute atomic E-state index is 4.49. The van der Waals surface area contributed by atoms with Gasteiger partial charge in [0, 0.05) is 4.47 Å². The molecule has 0 amide bonds. The van der Waals surface area contributed by atoms with Crippen LogP contribution in [0.1, 0.15) is 5.56 Å². The van der Waals surface area contributed by atoms with Gasteiger partial charge in [0.1, 0.15) is 0 Å². The number of isothiocyanates is 1. The lowest BCUT2D eigenvalue weighted by Gasteiger charge is -1.95. The Bertz CT molecular complexity index is 296. The van der Waals surface area contributed by atoms with Crippen molar-refractivity contribution in [1.29, 1.82) is 0 Å². The average molecular weight is 228 g/mol. The van der Waals surface area contributed by atoms with Crippen LogP contribution in [0.25, 0.3) is 0 Å². The molecule has 1 nitrogen and oxygen atoms in total. The molecule has 0 bridgehead atoms. The van der Waals surface area contributed by atoms with E-state index in [2.05, 4.69) is 38.3 Å². The fourth-order valence-electron chi connectivity index (χ4n) is 0.834. The van der Waals surface area contributed by atoms with Crippen molar-refractivity contribution in [2.24, 2.45) is 4.99 Å². The van der Waals surface area contributed by atoms with E-state index < -0.39 is 0 Å². The molecule has 0 saturated heterocycles. The van der Waals surface area contributed by atoms with Gasteiger partial charge in [-0.3, -0.25) is 0 Å². The van der Waals surface area contributed by atoms with Crippen LogP contribution < -0.4 is 0 Å². The number of rotatable bonds is 1. The number of nitrogens with zero attached hydrogens (tertiary/aromatic N) is 1. The molecule has 0 aliphatic carbocycles. The molecular formula is C8H6BrNS. The molecule has 0 spiro atoms. The number of aryl methyl sites for hydroxylation is 1. The van der Waals surface area contributed by atoms with E-state index in [1.807, 2.05) is 25.1 Å². The lowest BCUT2D eigenvalue weighted by atomic mass is 10.2. The van der Waals surface area contributed by atoms with Gasteiger partial charge in [-0.2, -0.15) is 4.99 Å². The fraction of sp³-hybridized carbons (Fsp3) is 0.125. The zero-order valence-electron chi connectivity index (χ0n) is 5.97. The minimum absolute atomic E-state index is 0.840. The zero-order chi connectivity index (χ0) is 8.27. The van der Waals surface area contributed by atoms with Crippen LogP contribution in [0.5, 0.6) is 0 Å². The first-order valence-corrected chi connectivity index (χ1v) is 4.27. The Morgan fingerprint density at radius 2 is 2.18 bits per heavy atom. The van der Waals surface area contributed by atoms with Gasteiger partial charge < -0.3 is 0 Å². The van der Waals surface area contributed by atoms with Crippen LogP contribution in [0.15, 0.2) is 27.7 Å². The van der Waals surface area contributed by atoms with Crippen LogP contribution >= 0.6 is 28.1 Å². The predicted octanol–water partition coefficient (Wildman–Crippen LogP) is 3.49. The van der Waals surface area contributed by atoms with Gasteiger partial charge in [0.25, 0.3) is 0 Å². The second-order valence-corrected chi connectivity index (χ2v) is 3.29. The molecule has 0 aromatic heterocycles. The quantitative estimate of drug-likeness (QED) is 0.529. The minimum Gasteiger partial charge on any atom is -0.195 e. The fourth-order valence-corrected chi connectivity index (χ4v) is 1.54. The van der Waals surface area contributed by atoms with Crippen molar-refractivity contribution in [3.63, 3.8) is 0 Å². The number of hydrogen-bond acceptors (Lipinski definition) is 2. The lowest BCUT2D eigenvalue weighted by Crippen LogP contribution is -1.71. The van der Waals surface area contributed by atoms with Crippen LogP contribution in [0.3, 0.4) is 0 Å². The van der Waals surface area contributed by atoms with Crippen LogP contribution in [0.4, 0.5) is 5.69 Å². The number of thiocarbonyl (C=S) groups is 1. The molecule has 11 heavy (non-hydrogen) atoms. The molecule has 0 atom stereocenters. The molecule has 0 saturated carbocycles. The molecule has 56 valence electrons. The van der Waals surface area contributed by atoms with E-state index in [-0.39, 0.29) is 0 Å². The monoisotopic (exact) mass is 227 g/mol. The SMILES string of the molecule is Cc1cc(Br)cc(N=C=S)c1. The molecular weight excluding hydrogens is 222 g/mol. The molecule has 0 unspecified atom stereocenters. The van der Waals surface area contributed by atoms with Crippen LogP contribution in [-0.2, 0) is 0 Å². The number of aliphatic imine (C=N–C) groups is 1. The van der Waals surface area contributed by atoms with E-state index in [4.69, 9.17) is 0 Å². The number of benzene rings is 1. The smallest absolute Gasteiger partial charge is 0.0753 e. The second-order valence-electron chi connectivity index (χ2n) is 2.19. The van der Waals surface area contributed by atoms with E-state index >= 15 is 0 Å². The molecule has 3 heteroatoms. The summed E-state index contributed by atoms with van der Waals surface area (Å²) in [5.41, 5.74) is 2.00. The molecule has 1 aromatic carbocycles. The summed E-state index contributed by atoms with van der Waals surface area (Å²) in [6, 6.07) is 5.86. The molecule has 0 N–H and O–H groups in total. The van der Waals surface area contributed by atoms with Crippen molar-refractivity contribution < 1.29 is 0 Å². The molecule has 0 heterocycles. The summed E-state index contributed by atoms with van der Waals surface area (Å²) >= 11 is 7.85. The van der Waals surface area contributed by atoms with Crippen molar-refractivity contribution >= 4 is 39.0 Å². The summed E-state index contributed by atoms with van der Waals surface area (Å²) in [6.07, 6.45) is 0. The summed E-state index contributed by atoms with van der Waals surface area (Å²) in [5, 5.41) is 2.33. The summed E-state index contributed by atoms with van der Waals surface area (Å²) < 4.78 is 1.02. The second kappa shape index (κ2) is 3.77. The Morgan fingerprint density at radius 1 is 1.45 bits per heavy atom. The standard InChI is InChI=1S/C8H6BrNS/c1-6-2-7(9)4-8(3-6)10-5-11/h2-4H,1H3. The Morgan fingerprint density at radius 3 is 2.73 bits per heavy atom. The molecule has 1 aromatic rings. The third-order valence-corrected chi connectivity index (χ3v) is 1.75. The maximum Gasteiger partial charge on any atom is 0.0753 e. The van der Waals surface area contributed by atoms with Crippen LogP contribution in [0, 0.1) is 6.92 Å². The van der Waals surface area contributed by atoms with E-state index in [0.717, 1.165) is 15.7 Å². The normalized spacial score (nSPS) is 8.91. The first kappa shape index (κ1) is 8.60. The van der Waals surface area contributed by atoms with Crippen LogP contribution in [-0.4, -0.2) is 5.16 Å². The highest BCUT2D eigenvalue weighted by atomic mass is 79.9. The van der Waals surface area contributed by atoms with E-state index in [9.17, 15) is 0 Å². The van der Waals surface area contributed by atoms with Gasteiger partial charge in [-0.05, 0) is 42.9 Å². The van der Waals surface area contributed by atoms with Gasteiger partial charge in [0.2, 0.25) is 0 Å². The van der Waals surface area contributed by atoms with E-state index in [1.54, 1.807) is 0 Å². The Balaban J connectivity index is 3.18. The van der Waals surface area contributed by atoms with Gasteiger partial charge in [-0.15, -0.1) is 0 Å². The van der Waals surface area contributed by atoms with Gasteiger partial charge in [0.15, 0.2) is 0 Å². The van der Waals surface area contributed by atoms with Gasteiger partial charge >= 0.3 is 0 Å². The molecule has 0 fully saturated rings. The Kier molecular flexibility index (Phi) is 2.94. The maximum atomic E-state index is 4.49. The van der Waals surface area contributed by atoms with Gasteiger partial charge in [-0.25, -0.2) is 0 Å². The van der Waals surface area contributed by atoms with E-state index in [1.165, 1.54) is 0 Å². The third-order valence-electron chi connectivity index (χ3n) is 1.20. The topological polar surface area (TPSA) is 12.4 Å². The molecule has 1 rings (SSSR count). The highest BCUT2D eigenvalue weighted by Crippen LogP contribution is 2.20. The lowest BCUT2D eigenvalue weighted by molar-refractivity contribution is 1.42. The average Bonchev–Trinajstić information content (AvgIpc) is 1.85. The van der Waals surface area contributed by atoms with Crippen molar-refractivity contribution in [2.75, 3.05) is 0 Å². The summed E-state index contributed by atoms with van der Waals surface area (Å²) in [5.74, 6) is 0. The highest BCUT2D eigenvalue weighted by Gasteiger charge is 1.92. The molecule has 0 aliphatic rings. The number of hydrogen-bond donors (Lipinski definition) is 0. The number of halogens is 1. The minimum atomic E-state index is 0.840. The van der Waals surface area contributed by atoms with Crippen LogP contribution in [0.2, 0.25) is 0 Å². The highest BCUT2D eigenvalue weighted by molar-refractivity contribution is 9.10. The Hall–Kier alpha value is -0.500. The zero-order valence-corrected chi connectivity index (χ0v) is 8.37. The third kappa shape index (κ3) is 2.54. The largest absolute Gasteiger partial charge is 0.195 e. The Labute approximate surface area is 79.3 Å². The van der Waals surface area contributed by atoms with Crippen molar-refractivity contribution in [3.8, 4) is 0 Å². The van der Waals surface area contributed by atoms with Crippen molar-refractivity contribution in [2.45, 2.75) is 6.92 Å². The molecule has 0 radical (unpaired) electrons. The summed E-state index contributed by atoms with van der Waals surface area (Å²) in [6.45, 7) is 2.01. The summed E-state index contributed by atoms with van der Waals surface area (Å²) in [4.78, 5) is 3.86. The van der Waals surface area contributed by atoms with Gasteiger partial charge in [-0.1, -0.05) is 15.9 Å². The predicted molar refractivity (Wildman–Crippen MR) is 53.6 cm³/mol. The summed E-state index contributed by atoms with van der Waals surface area (Å²) in [7, 11) is 0. The molecule has 0 aliphatic heterocycles. The van der Waals surface area contributed by atoms with Gasteiger partial charge in [0.05, 0.1) is 10.8 Å². The van der Waals surface area contributed by atoms with Crippen molar-refractivity contribution in [1.82, 2.24) is 0 Å². The van der Waals surface area contributed by atoms with Crippen molar-refractivity contribution in [3.05, 3.63) is 28.2 Å².